The molecule has 2 heterocycles. The SMILES string of the molecule is COc1cc(O)c(C(=N)N(C(=N)c2cccnc2)c2ccc(CN3CCN(C)CC3)cc2)cc1C(C)C. The number of amidine groups is 2. The Morgan fingerprint density at radius 2 is 1.76 bits per heavy atom. The van der Waals surface area contributed by atoms with Crippen LogP contribution < -0.4 is 9.64 Å². The van der Waals surface area contributed by atoms with Crippen molar-refractivity contribution in [3.8, 4) is 11.5 Å². The maximum Gasteiger partial charge on any atom is 0.142 e. The van der Waals surface area contributed by atoms with Crippen molar-refractivity contribution in [2.24, 2.45) is 0 Å². The number of phenolic OH excluding ortho intramolecular Hbond substituents is 1. The Hall–Kier alpha value is -3.75. The highest BCUT2D eigenvalue weighted by molar-refractivity contribution is 6.28. The third-order valence-corrected chi connectivity index (χ3v) is 6.80. The van der Waals surface area contributed by atoms with Gasteiger partial charge in [-0.1, -0.05) is 26.0 Å². The number of likely N-dealkylation sites (N-methyl/N-ethyl adjacent to an activating group) is 1. The molecule has 1 aliphatic heterocycles. The molecule has 37 heavy (non-hydrogen) atoms. The van der Waals surface area contributed by atoms with Gasteiger partial charge in [0.15, 0.2) is 0 Å². The topological polar surface area (TPSA) is 99.8 Å². The van der Waals surface area contributed by atoms with Gasteiger partial charge in [-0.25, -0.2) is 0 Å². The first-order chi connectivity index (χ1) is 17.8. The molecule has 3 N–H and O–H groups in total. The van der Waals surface area contributed by atoms with E-state index in [-0.39, 0.29) is 23.3 Å². The van der Waals surface area contributed by atoms with E-state index in [1.807, 2.05) is 26.0 Å². The number of ether oxygens (including phenoxy) is 1. The van der Waals surface area contributed by atoms with E-state index in [1.54, 1.807) is 48.7 Å². The molecule has 3 aromatic rings. The first-order valence-corrected chi connectivity index (χ1v) is 12.6. The maximum atomic E-state index is 10.9. The predicted octanol–water partition coefficient (Wildman–Crippen LogP) is 4.52. The molecule has 0 spiro atoms. The standard InChI is InChI=1S/C29H36N6O2/c1-20(2)24-16-25(26(36)17-27(24)37-4)29(31)35(28(30)22-6-5-11-32-18-22)23-9-7-21(8-10-23)19-34-14-12-33(3)13-15-34/h5-11,16-18,20,30-31,36H,12-15,19H2,1-4H3. The molecular formula is C29H36N6O2. The second-order valence-corrected chi connectivity index (χ2v) is 9.79. The summed E-state index contributed by atoms with van der Waals surface area (Å²) in [6.45, 7) is 9.14. The van der Waals surface area contributed by atoms with E-state index in [2.05, 4.69) is 34.0 Å². The van der Waals surface area contributed by atoms with Crippen LogP contribution in [-0.2, 0) is 6.54 Å². The van der Waals surface area contributed by atoms with Crippen LogP contribution in [0.5, 0.6) is 11.5 Å². The van der Waals surface area contributed by atoms with Crippen LogP contribution in [0.2, 0.25) is 0 Å². The number of aromatic nitrogens is 1. The molecule has 0 unspecified atom stereocenters. The van der Waals surface area contributed by atoms with Crippen molar-refractivity contribution in [1.29, 1.82) is 10.8 Å². The van der Waals surface area contributed by atoms with Gasteiger partial charge >= 0.3 is 0 Å². The Labute approximate surface area is 219 Å². The lowest BCUT2D eigenvalue weighted by Crippen LogP contribution is -2.43. The van der Waals surface area contributed by atoms with Crippen molar-refractivity contribution in [1.82, 2.24) is 14.8 Å². The molecule has 0 radical (unpaired) electrons. The number of pyridine rings is 1. The number of benzene rings is 2. The third-order valence-electron chi connectivity index (χ3n) is 6.80. The predicted molar refractivity (Wildman–Crippen MR) is 148 cm³/mol. The van der Waals surface area contributed by atoms with Crippen LogP contribution in [0.25, 0.3) is 0 Å². The highest BCUT2D eigenvalue weighted by atomic mass is 16.5. The molecule has 0 aliphatic carbocycles. The Balaban J connectivity index is 1.69. The maximum absolute atomic E-state index is 10.9. The first-order valence-electron chi connectivity index (χ1n) is 12.6. The number of nitrogens with zero attached hydrogens (tertiary/aromatic N) is 4. The molecule has 0 amide bonds. The van der Waals surface area contributed by atoms with E-state index < -0.39 is 0 Å². The van der Waals surface area contributed by atoms with Crippen LogP contribution in [0.15, 0.2) is 60.9 Å². The van der Waals surface area contributed by atoms with E-state index in [4.69, 9.17) is 15.6 Å². The lowest BCUT2D eigenvalue weighted by atomic mass is 9.97. The molecule has 0 bridgehead atoms. The Kier molecular flexibility index (Phi) is 8.21. The van der Waals surface area contributed by atoms with Crippen LogP contribution in [0, 0.1) is 10.8 Å². The van der Waals surface area contributed by atoms with Gasteiger partial charge in [0.2, 0.25) is 0 Å². The molecular weight excluding hydrogens is 464 g/mol. The van der Waals surface area contributed by atoms with E-state index in [1.165, 1.54) is 5.56 Å². The molecule has 8 heteroatoms. The molecule has 1 fully saturated rings. The van der Waals surface area contributed by atoms with Gasteiger partial charge in [0.25, 0.3) is 0 Å². The van der Waals surface area contributed by atoms with Crippen LogP contribution >= 0.6 is 0 Å². The first kappa shape index (κ1) is 26.3. The lowest BCUT2D eigenvalue weighted by molar-refractivity contribution is 0.148. The number of anilines is 1. The number of nitrogens with one attached hydrogen (secondary N) is 2. The minimum absolute atomic E-state index is 0.00252. The number of hydrogen-bond donors (Lipinski definition) is 3. The Morgan fingerprint density at radius 3 is 2.35 bits per heavy atom. The highest BCUT2D eigenvalue weighted by Gasteiger charge is 2.25. The van der Waals surface area contributed by atoms with Crippen LogP contribution in [-0.4, -0.2) is 71.9 Å². The number of hydrogen-bond acceptors (Lipinski definition) is 7. The summed E-state index contributed by atoms with van der Waals surface area (Å²) < 4.78 is 5.46. The summed E-state index contributed by atoms with van der Waals surface area (Å²) in [5.74, 6) is 0.740. The summed E-state index contributed by atoms with van der Waals surface area (Å²) in [6, 6.07) is 14.9. The zero-order valence-electron chi connectivity index (χ0n) is 22.0. The molecule has 0 saturated carbocycles. The van der Waals surface area contributed by atoms with Crippen molar-refractivity contribution < 1.29 is 9.84 Å². The fourth-order valence-electron chi connectivity index (χ4n) is 4.54. The number of piperazine rings is 1. The zero-order chi connectivity index (χ0) is 26.5. The van der Waals surface area contributed by atoms with Gasteiger partial charge in [-0.3, -0.25) is 25.6 Å². The minimum atomic E-state index is -0.0677. The minimum Gasteiger partial charge on any atom is -0.507 e. The summed E-state index contributed by atoms with van der Waals surface area (Å²) in [5, 5.41) is 29.0. The van der Waals surface area contributed by atoms with Crippen molar-refractivity contribution in [3.63, 3.8) is 0 Å². The molecule has 0 atom stereocenters. The normalized spacial score (nSPS) is 14.5. The van der Waals surface area contributed by atoms with Gasteiger partial charge < -0.3 is 14.7 Å². The summed E-state index contributed by atoms with van der Waals surface area (Å²) in [6.07, 6.45) is 3.27. The number of methoxy groups -OCH3 is 1. The van der Waals surface area contributed by atoms with Gasteiger partial charge in [-0.15, -0.1) is 0 Å². The van der Waals surface area contributed by atoms with Gasteiger partial charge in [0.1, 0.15) is 23.2 Å². The number of phenols is 1. The molecule has 1 saturated heterocycles. The van der Waals surface area contributed by atoms with E-state index in [0.29, 0.717) is 22.6 Å². The fraction of sp³-hybridized carbons (Fsp3) is 0.345. The van der Waals surface area contributed by atoms with Crippen LogP contribution in [0.3, 0.4) is 0 Å². The third kappa shape index (κ3) is 5.98. The zero-order valence-corrected chi connectivity index (χ0v) is 22.0. The second-order valence-electron chi connectivity index (χ2n) is 9.79. The summed E-state index contributed by atoms with van der Waals surface area (Å²) in [7, 11) is 3.72. The molecule has 8 nitrogen and oxygen atoms in total. The average molecular weight is 501 g/mol. The molecule has 2 aromatic carbocycles. The van der Waals surface area contributed by atoms with Gasteiger partial charge in [-0.05, 0) is 54.4 Å². The Morgan fingerprint density at radius 1 is 1.05 bits per heavy atom. The smallest absolute Gasteiger partial charge is 0.142 e. The van der Waals surface area contributed by atoms with Crippen LogP contribution in [0.1, 0.15) is 42.0 Å². The number of rotatable bonds is 7. The molecule has 1 aliphatic rings. The monoisotopic (exact) mass is 500 g/mol. The summed E-state index contributed by atoms with van der Waals surface area (Å²) in [4.78, 5) is 10.5. The van der Waals surface area contributed by atoms with Crippen LogP contribution in [0.4, 0.5) is 5.69 Å². The van der Waals surface area contributed by atoms with Crippen molar-refractivity contribution in [3.05, 3.63) is 83.2 Å². The van der Waals surface area contributed by atoms with Gasteiger partial charge in [-0.2, -0.15) is 0 Å². The summed E-state index contributed by atoms with van der Waals surface area (Å²) >= 11 is 0. The van der Waals surface area contributed by atoms with E-state index >= 15 is 0 Å². The number of aromatic hydroxyl groups is 1. The average Bonchev–Trinajstić information content (AvgIpc) is 2.91. The fourth-order valence-corrected chi connectivity index (χ4v) is 4.54. The van der Waals surface area contributed by atoms with E-state index in [9.17, 15) is 5.11 Å². The van der Waals surface area contributed by atoms with Crippen molar-refractivity contribution in [2.45, 2.75) is 26.3 Å². The van der Waals surface area contributed by atoms with Crippen molar-refractivity contribution >= 4 is 17.4 Å². The quantitative estimate of drug-likeness (QED) is 0.326. The summed E-state index contributed by atoms with van der Waals surface area (Å²) in [5.41, 5.74) is 3.64. The molecule has 194 valence electrons. The highest BCUT2D eigenvalue weighted by Crippen LogP contribution is 2.34. The largest absolute Gasteiger partial charge is 0.507 e. The second kappa shape index (κ2) is 11.5. The van der Waals surface area contributed by atoms with E-state index in [0.717, 1.165) is 38.3 Å². The Bertz CT molecular complexity index is 1240. The van der Waals surface area contributed by atoms with Gasteiger partial charge in [0, 0.05) is 62.4 Å². The van der Waals surface area contributed by atoms with Crippen molar-refractivity contribution in [2.75, 3.05) is 45.2 Å². The molecule has 4 rings (SSSR count). The molecule has 1 aromatic heterocycles. The van der Waals surface area contributed by atoms with Gasteiger partial charge in [0.05, 0.1) is 12.7 Å². The lowest BCUT2D eigenvalue weighted by Gasteiger charge is -2.32.